The number of furan rings is 1. The Morgan fingerprint density at radius 1 is 0.875 bits per heavy atom. The molecule has 1 heterocycles. The summed E-state index contributed by atoms with van der Waals surface area (Å²) in [6.07, 6.45) is 6.48. The monoisotopic (exact) mass is 674 g/mol. The molecule has 1 aliphatic carbocycles. The average Bonchev–Trinajstić information content (AvgIpc) is 3.55. The van der Waals surface area contributed by atoms with Gasteiger partial charge in [0.25, 0.3) is 0 Å². The number of carbonyl (C=O) groups is 2. The summed E-state index contributed by atoms with van der Waals surface area (Å²) in [6, 6.07) is 32.0. The summed E-state index contributed by atoms with van der Waals surface area (Å²) >= 11 is 0. The zero-order chi connectivity index (χ0) is 32.8. The third-order valence-corrected chi connectivity index (χ3v) is 9.97. The van der Waals surface area contributed by atoms with E-state index < -0.39 is 21.2 Å². The molecule has 1 aromatic heterocycles. The van der Waals surface area contributed by atoms with Crippen LogP contribution >= 0.6 is 0 Å². The van der Waals surface area contributed by atoms with Crippen LogP contribution in [0, 0.1) is 0 Å². The molecule has 1 aliphatic rings. The molecule has 6 rings (SSSR count). The molecular formula is C38H39N2NaO6S. The molecule has 8 nitrogen and oxygen atoms in total. The van der Waals surface area contributed by atoms with Crippen molar-refractivity contribution >= 4 is 67.4 Å². The number of para-hydroxylation sites is 1. The molecule has 0 radical (unpaired) electrons. The molecular weight excluding hydrogens is 635 g/mol. The fourth-order valence-electron chi connectivity index (χ4n) is 6.24. The molecule has 1 unspecified atom stereocenters. The van der Waals surface area contributed by atoms with E-state index in [2.05, 4.69) is 21.6 Å². The van der Waals surface area contributed by atoms with Gasteiger partial charge < -0.3 is 15.5 Å². The first kappa shape index (κ1) is 35.7. The van der Waals surface area contributed by atoms with E-state index in [-0.39, 0.29) is 54.2 Å². The predicted molar refractivity (Wildman–Crippen MR) is 191 cm³/mol. The van der Waals surface area contributed by atoms with Crippen molar-refractivity contribution in [2.24, 2.45) is 5.73 Å². The van der Waals surface area contributed by atoms with E-state index in [0.717, 1.165) is 33.4 Å². The maximum absolute atomic E-state index is 13.9. The molecule has 5 aromatic rings. The van der Waals surface area contributed by atoms with Gasteiger partial charge in [-0.05, 0) is 90.4 Å². The standard InChI is InChI=1S/C38H38N2O6S.Na.H/c39-22-23-45-47(43,44)38(42)31-12-10-26(11-13-31)24-34(29-16-14-28(15-17-29)27-6-2-1-3-7-27)37(41)40-33-20-18-30(19-21-33)36-25-32-8-4-5-9-35(32)46-36;;/h4-5,8-21,25,27,34H,1-3,6-7,22-24,39H2,(H,40,41);;. The minimum absolute atomic E-state index is 0. The van der Waals surface area contributed by atoms with Gasteiger partial charge in [0, 0.05) is 28.7 Å². The number of nitrogens with two attached hydrogens (primary N) is 1. The molecule has 0 saturated heterocycles. The Hall–Kier alpha value is -3.57. The van der Waals surface area contributed by atoms with Gasteiger partial charge >= 0.3 is 44.8 Å². The number of hydrogen-bond acceptors (Lipinski definition) is 7. The Morgan fingerprint density at radius 3 is 2.23 bits per heavy atom. The minimum atomic E-state index is -4.43. The second kappa shape index (κ2) is 16.2. The molecule has 0 aliphatic heterocycles. The first-order chi connectivity index (χ1) is 22.8. The summed E-state index contributed by atoms with van der Waals surface area (Å²) in [7, 11) is -4.43. The summed E-state index contributed by atoms with van der Waals surface area (Å²) in [6.45, 7) is -0.299. The molecule has 1 fully saturated rings. The van der Waals surface area contributed by atoms with Crippen LogP contribution in [0.25, 0.3) is 22.3 Å². The molecule has 244 valence electrons. The van der Waals surface area contributed by atoms with Crippen molar-refractivity contribution < 1.29 is 26.6 Å². The van der Waals surface area contributed by atoms with Crippen molar-refractivity contribution in [1.82, 2.24) is 0 Å². The number of amides is 1. The zero-order valence-electron chi connectivity index (χ0n) is 26.1. The molecule has 1 amide bonds. The first-order valence-corrected chi connectivity index (χ1v) is 17.4. The third kappa shape index (κ3) is 8.52. The van der Waals surface area contributed by atoms with E-state index in [9.17, 15) is 18.0 Å². The van der Waals surface area contributed by atoms with Crippen molar-refractivity contribution in [2.45, 2.75) is 50.4 Å². The fourth-order valence-corrected chi connectivity index (χ4v) is 7.09. The molecule has 3 N–H and O–H groups in total. The number of nitrogens with one attached hydrogen (secondary N) is 1. The van der Waals surface area contributed by atoms with Gasteiger partial charge in [0.1, 0.15) is 11.3 Å². The Bertz CT molecular complexity index is 1920. The van der Waals surface area contributed by atoms with Gasteiger partial charge in [-0.1, -0.05) is 73.9 Å². The van der Waals surface area contributed by atoms with Gasteiger partial charge in [0.05, 0.1) is 12.5 Å². The molecule has 0 spiro atoms. The maximum atomic E-state index is 13.9. The Balaban J connectivity index is 0.00000451. The number of rotatable bonds is 11. The van der Waals surface area contributed by atoms with Crippen LogP contribution in [0.2, 0.25) is 0 Å². The number of anilines is 1. The van der Waals surface area contributed by atoms with Gasteiger partial charge in [-0.15, -0.1) is 0 Å². The number of hydrogen-bond donors (Lipinski definition) is 2. The first-order valence-electron chi connectivity index (χ1n) is 16.0. The van der Waals surface area contributed by atoms with Crippen LogP contribution in [-0.2, 0) is 25.5 Å². The summed E-state index contributed by atoms with van der Waals surface area (Å²) in [5, 5.41) is 2.98. The summed E-state index contributed by atoms with van der Waals surface area (Å²) in [4.78, 5) is 26.4. The second-order valence-electron chi connectivity index (χ2n) is 12.0. The number of benzene rings is 4. The van der Waals surface area contributed by atoms with Crippen molar-refractivity contribution in [3.63, 3.8) is 0 Å². The van der Waals surface area contributed by atoms with Crippen molar-refractivity contribution in [2.75, 3.05) is 18.5 Å². The van der Waals surface area contributed by atoms with Crippen LogP contribution in [0.5, 0.6) is 0 Å². The van der Waals surface area contributed by atoms with E-state index in [1.54, 1.807) is 12.1 Å². The Labute approximate surface area is 303 Å². The average molecular weight is 675 g/mol. The predicted octanol–water partition coefficient (Wildman–Crippen LogP) is 6.91. The van der Waals surface area contributed by atoms with E-state index in [1.807, 2.05) is 66.7 Å². The van der Waals surface area contributed by atoms with Crippen LogP contribution < -0.4 is 11.1 Å². The number of fused-ring (bicyclic) bond motifs is 1. The summed E-state index contributed by atoms with van der Waals surface area (Å²) in [5.41, 5.74) is 10.6. The summed E-state index contributed by atoms with van der Waals surface area (Å²) < 4.78 is 35.1. The van der Waals surface area contributed by atoms with Crippen LogP contribution in [0.4, 0.5) is 5.69 Å². The third-order valence-electron chi connectivity index (χ3n) is 8.81. The molecule has 4 aromatic carbocycles. The molecule has 10 heteroatoms. The van der Waals surface area contributed by atoms with E-state index in [1.165, 1.54) is 49.8 Å². The second-order valence-corrected chi connectivity index (χ2v) is 13.5. The van der Waals surface area contributed by atoms with E-state index in [0.29, 0.717) is 18.0 Å². The van der Waals surface area contributed by atoms with E-state index >= 15 is 0 Å². The van der Waals surface area contributed by atoms with Crippen LogP contribution in [0.15, 0.2) is 108 Å². The number of carbonyl (C=O) groups excluding carboxylic acids is 2. The molecule has 0 bridgehead atoms. The Morgan fingerprint density at radius 2 is 1.56 bits per heavy atom. The topological polar surface area (TPSA) is 129 Å². The molecule has 48 heavy (non-hydrogen) atoms. The molecule has 1 saturated carbocycles. The molecule has 1 atom stereocenters. The van der Waals surface area contributed by atoms with Crippen LogP contribution in [-0.4, -0.2) is 62.1 Å². The quantitative estimate of drug-likeness (QED) is 0.115. The normalized spacial score (nSPS) is 14.3. The fraction of sp³-hybridized carbons (Fsp3) is 0.263. The SMILES string of the molecule is NCCOS(=O)(=O)C(=O)c1ccc(CC(C(=O)Nc2ccc(-c3cc4ccccc4o3)cc2)c2ccc(C3CCCCC3)cc2)cc1.[NaH]. The van der Waals surface area contributed by atoms with Gasteiger partial charge in [-0.25, -0.2) is 0 Å². The van der Waals surface area contributed by atoms with Gasteiger partial charge in [-0.2, -0.15) is 8.42 Å². The van der Waals surface area contributed by atoms with Crippen LogP contribution in [0.1, 0.15) is 71.0 Å². The summed E-state index contributed by atoms with van der Waals surface area (Å²) in [5.74, 6) is 0.583. The van der Waals surface area contributed by atoms with E-state index in [4.69, 9.17) is 10.2 Å². The van der Waals surface area contributed by atoms with Gasteiger partial charge in [-0.3, -0.25) is 13.8 Å². The Kier molecular flexibility index (Phi) is 12.1. The van der Waals surface area contributed by atoms with Crippen molar-refractivity contribution in [3.8, 4) is 11.3 Å². The van der Waals surface area contributed by atoms with Gasteiger partial charge in [0.15, 0.2) is 0 Å². The van der Waals surface area contributed by atoms with Gasteiger partial charge in [0.2, 0.25) is 5.91 Å². The van der Waals surface area contributed by atoms with Crippen molar-refractivity contribution in [1.29, 1.82) is 0 Å². The zero-order valence-corrected chi connectivity index (χ0v) is 26.9. The van der Waals surface area contributed by atoms with Crippen molar-refractivity contribution in [3.05, 3.63) is 125 Å². The van der Waals surface area contributed by atoms with Crippen LogP contribution in [0.3, 0.4) is 0 Å².